The maximum absolute atomic E-state index is 2.41. The van der Waals surface area contributed by atoms with Crippen LogP contribution in [0.3, 0.4) is 0 Å². The van der Waals surface area contributed by atoms with Gasteiger partial charge in [-0.2, -0.15) is 0 Å². The molecule has 0 unspecified atom stereocenters. The molecule has 0 saturated carbocycles. The Morgan fingerprint density at radius 2 is 0.815 bits per heavy atom. The Labute approximate surface area is 315 Å². The van der Waals surface area contributed by atoms with Gasteiger partial charge in [-0.05, 0) is 111 Å². The third-order valence-corrected chi connectivity index (χ3v) is 10.6. The summed E-state index contributed by atoms with van der Waals surface area (Å²) in [6.45, 7) is 0. The van der Waals surface area contributed by atoms with Crippen molar-refractivity contribution < 1.29 is 0 Å². The van der Waals surface area contributed by atoms with Crippen molar-refractivity contribution in [2.75, 3.05) is 4.90 Å². The quantitative estimate of drug-likeness (QED) is 0.162. The number of hydrogen-bond donors (Lipinski definition) is 0. The second-order valence-electron chi connectivity index (χ2n) is 13.8. The number of para-hydroxylation sites is 2. The zero-order chi connectivity index (χ0) is 35.8. The number of aromatic nitrogens is 1. The average molecular weight is 689 g/mol. The monoisotopic (exact) mass is 688 g/mol. The predicted molar refractivity (Wildman–Crippen MR) is 229 cm³/mol. The van der Waals surface area contributed by atoms with Crippen molar-refractivity contribution in [1.29, 1.82) is 0 Å². The van der Waals surface area contributed by atoms with Gasteiger partial charge >= 0.3 is 0 Å². The Kier molecular flexibility index (Phi) is 7.85. The summed E-state index contributed by atoms with van der Waals surface area (Å²) in [5, 5.41) is 4.99. The molecular formula is C52H36N2. The van der Waals surface area contributed by atoms with Crippen LogP contribution in [0.2, 0.25) is 0 Å². The lowest BCUT2D eigenvalue weighted by molar-refractivity contribution is 1.18. The van der Waals surface area contributed by atoms with Crippen LogP contribution in [0.4, 0.5) is 17.1 Å². The molecule has 0 spiro atoms. The molecule has 0 radical (unpaired) electrons. The first-order chi connectivity index (χ1) is 26.8. The van der Waals surface area contributed by atoms with Crippen LogP contribution in [-0.4, -0.2) is 4.57 Å². The van der Waals surface area contributed by atoms with Gasteiger partial charge < -0.3 is 9.47 Å². The fourth-order valence-electron chi connectivity index (χ4n) is 7.97. The van der Waals surface area contributed by atoms with Crippen LogP contribution >= 0.6 is 0 Å². The van der Waals surface area contributed by atoms with Crippen LogP contribution in [0.25, 0.3) is 71.6 Å². The number of hydrogen-bond acceptors (Lipinski definition) is 1. The van der Waals surface area contributed by atoms with Crippen molar-refractivity contribution in [3.05, 3.63) is 218 Å². The summed E-state index contributed by atoms with van der Waals surface area (Å²) in [5.74, 6) is 0. The highest BCUT2D eigenvalue weighted by molar-refractivity contribution is 6.18. The molecule has 0 atom stereocenters. The molecule has 1 heterocycles. The molecule has 0 N–H and O–H groups in total. The smallest absolute Gasteiger partial charge is 0.0547 e. The van der Waals surface area contributed by atoms with Crippen molar-refractivity contribution in [2.24, 2.45) is 0 Å². The highest BCUT2D eigenvalue weighted by Gasteiger charge is 2.19. The molecule has 10 rings (SSSR count). The van der Waals surface area contributed by atoms with Crippen LogP contribution < -0.4 is 4.90 Å². The maximum atomic E-state index is 2.41. The molecule has 0 aliphatic carbocycles. The van der Waals surface area contributed by atoms with E-state index in [0.29, 0.717) is 0 Å². The summed E-state index contributed by atoms with van der Waals surface area (Å²) in [6, 6.07) is 78.8. The molecule has 0 amide bonds. The molecule has 0 fully saturated rings. The minimum atomic E-state index is 1.10. The summed E-state index contributed by atoms with van der Waals surface area (Å²) in [7, 11) is 0. The van der Waals surface area contributed by atoms with Crippen LogP contribution in [0.1, 0.15) is 0 Å². The molecule has 2 nitrogen and oxygen atoms in total. The Morgan fingerprint density at radius 3 is 1.50 bits per heavy atom. The van der Waals surface area contributed by atoms with Crippen molar-refractivity contribution in [2.45, 2.75) is 0 Å². The van der Waals surface area contributed by atoms with Gasteiger partial charge in [0.1, 0.15) is 0 Å². The van der Waals surface area contributed by atoms with Gasteiger partial charge in [-0.25, -0.2) is 0 Å². The SMILES string of the molecule is c1ccc(-c2ccc(-c3ccc(N(c4ccccc4)c4cccc(-c5cccc6c5c5cc7ccccc7cc5n6-c5ccccc5)c4)cc3)cc2)cc1. The second kappa shape index (κ2) is 13.4. The maximum Gasteiger partial charge on any atom is 0.0547 e. The standard InChI is InChI=1S/C52H36N2/c1-4-14-37(15-5-1)38-26-28-39(29-27-38)40-30-32-46(33-31-40)53(44-19-6-2-7-20-44)47-23-12-18-43(34-47)48-24-13-25-50-52(48)49-35-41-16-10-11-17-42(41)36-51(49)54(50)45-21-8-3-9-22-45/h1-36H. The van der Waals surface area contributed by atoms with Crippen molar-refractivity contribution >= 4 is 49.6 Å². The van der Waals surface area contributed by atoms with E-state index < -0.39 is 0 Å². The van der Waals surface area contributed by atoms with Crippen LogP contribution in [0.5, 0.6) is 0 Å². The molecule has 54 heavy (non-hydrogen) atoms. The van der Waals surface area contributed by atoms with E-state index in [0.717, 1.165) is 22.7 Å². The predicted octanol–water partition coefficient (Wildman–Crippen LogP) is 14.4. The number of nitrogens with zero attached hydrogens (tertiary/aromatic N) is 2. The summed E-state index contributed by atoms with van der Waals surface area (Å²) in [6.07, 6.45) is 0. The van der Waals surface area contributed by atoms with Gasteiger partial charge in [0.2, 0.25) is 0 Å². The Morgan fingerprint density at radius 1 is 0.315 bits per heavy atom. The molecule has 2 heteroatoms. The van der Waals surface area contributed by atoms with Crippen molar-refractivity contribution in [1.82, 2.24) is 4.57 Å². The lowest BCUT2D eigenvalue weighted by Crippen LogP contribution is -2.09. The third-order valence-electron chi connectivity index (χ3n) is 10.6. The van der Waals surface area contributed by atoms with E-state index in [1.807, 2.05) is 0 Å². The zero-order valence-corrected chi connectivity index (χ0v) is 29.7. The lowest BCUT2D eigenvalue weighted by atomic mass is 9.97. The minimum absolute atomic E-state index is 1.10. The molecule has 0 aliphatic rings. The highest BCUT2D eigenvalue weighted by Crippen LogP contribution is 2.42. The molecule has 9 aromatic carbocycles. The number of fused-ring (bicyclic) bond motifs is 4. The highest BCUT2D eigenvalue weighted by atomic mass is 15.1. The summed E-state index contributed by atoms with van der Waals surface area (Å²) >= 11 is 0. The van der Waals surface area contributed by atoms with E-state index in [4.69, 9.17) is 0 Å². The van der Waals surface area contributed by atoms with Crippen LogP contribution in [-0.2, 0) is 0 Å². The molecule has 1 aromatic heterocycles. The fraction of sp³-hybridized carbons (Fsp3) is 0. The Bertz CT molecular complexity index is 2890. The normalized spacial score (nSPS) is 11.3. The average Bonchev–Trinajstić information content (AvgIpc) is 3.57. The molecule has 0 aliphatic heterocycles. The van der Waals surface area contributed by atoms with Gasteiger partial charge in [0, 0.05) is 33.5 Å². The van der Waals surface area contributed by atoms with Crippen molar-refractivity contribution in [3.8, 4) is 39.1 Å². The van der Waals surface area contributed by atoms with E-state index in [-0.39, 0.29) is 0 Å². The van der Waals surface area contributed by atoms with Crippen molar-refractivity contribution in [3.63, 3.8) is 0 Å². The third kappa shape index (κ3) is 5.62. The van der Waals surface area contributed by atoms with Crippen LogP contribution in [0, 0.1) is 0 Å². The van der Waals surface area contributed by atoms with Crippen LogP contribution in [0.15, 0.2) is 218 Å². The first kappa shape index (κ1) is 31.6. The molecule has 0 bridgehead atoms. The van der Waals surface area contributed by atoms with E-state index in [1.165, 1.54) is 66.0 Å². The van der Waals surface area contributed by atoms with Gasteiger partial charge in [0.15, 0.2) is 0 Å². The summed E-state index contributed by atoms with van der Waals surface area (Å²) in [4.78, 5) is 2.35. The molecule has 10 aromatic rings. The summed E-state index contributed by atoms with van der Waals surface area (Å²) in [5.41, 5.74) is 14.1. The van der Waals surface area contributed by atoms with E-state index in [9.17, 15) is 0 Å². The van der Waals surface area contributed by atoms with E-state index in [1.54, 1.807) is 0 Å². The first-order valence-corrected chi connectivity index (χ1v) is 18.5. The Balaban J connectivity index is 1.09. The molecular weight excluding hydrogens is 653 g/mol. The Hall–Kier alpha value is -7.16. The lowest BCUT2D eigenvalue weighted by Gasteiger charge is -2.26. The first-order valence-electron chi connectivity index (χ1n) is 18.5. The largest absolute Gasteiger partial charge is 0.310 e. The van der Waals surface area contributed by atoms with Gasteiger partial charge in [0.25, 0.3) is 0 Å². The molecule has 254 valence electrons. The van der Waals surface area contributed by atoms with E-state index >= 15 is 0 Å². The number of anilines is 3. The van der Waals surface area contributed by atoms with Gasteiger partial charge in [-0.15, -0.1) is 0 Å². The van der Waals surface area contributed by atoms with Gasteiger partial charge in [-0.1, -0.05) is 152 Å². The zero-order valence-electron chi connectivity index (χ0n) is 29.7. The number of rotatable bonds is 7. The van der Waals surface area contributed by atoms with E-state index in [2.05, 4.69) is 228 Å². The number of benzene rings is 9. The second-order valence-corrected chi connectivity index (χ2v) is 13.8. The van der Waals surface area contributed by atoms with Gasteiger partial charge in [-0.3, -0.25) is 0 Å². The topological polar surface area (TPSA) is 8.17 Å². The van der Waals surface area contributed by atoms with Gasteiger partial charge in [0.05, 0.1) is 11.0 Å². The minimum Gasteiger partial charge on any atom is -0.310 e. The fourth-order valence-corrected chi connectivity index (χ4v) is 7.97. The summed E-state index contributed by atoms with van der Waals surface area (Å²) < 4.78 is 2.41. The molecule has 0 saturated heterocycles.